The molecule has 0 aliphatic rings. The van der Waals surface area contributed by atoms with E-state index in [2.05, 4.69) is 15.4 Å². The highest BCUT2D eigenvalue weighted by Crippen LogP contribution is 2.10. The topological polar surface area (TPSA) is 103 Å². The molecule has 2 amide bonds. The van der Waals surface area contributed by atoms with Crippen LogP contribution in [0.4, 0.5) is 4.79 Å². The molecule has 0 saturated carbocycles. The van der Waals surface area contributed by atoms with Crippen molar-refractivity contribution >= 4 is 18.0 Å². The van der Waals surface area contributed by atoms with Gasteiger partial charge in [0.05, 0.1) is 19.8 Å². The summed E-state index contributed by atoms with van der Waals surface area (Å²) in [6.45, 7) is 6.76. The SMILES string of the molecule is COC(=O)CNC(=O)[C@H](NC(=O)OC(C)(C)C)[C@H](C)OCc1ccccc1. The highest BCUT2D eigenvalue weighted by atomic mass is 16.6. The third-order valence-corrected chi connectivity index (χ3v) is 3.41. The number of methoxy groups -OCH3 is 1. The van der Waals surface area contributed by atoms with Gasteiger partial charge in [-0.3, -0.25) is 9.59 Å². The number of ether oxygens (including phenoxy) is 3. The molecule has 2 atom stereocenters. The fraction of sp³-hybridized carbons (Fsp3) is 0.526. The molecule has 0 aromatic heterocycles. The lowest BCUT2D eigenvalue weighted by atomic mass is 10.1. The molecule has 0 spiro atoms. The van der Waals surface area contributed by atoms with Crippen LogP contribution in [0.2, 0.25) is 0 Å². The van der Waals surface area contributed by atoms with Crippen molar-refractivity contribution in [2.75, 3.05) is 13.7 Å². The number of esters is 1. The van der Waals surface area contributed by atoms with Crippen LogP contribution >= 0.6 is 0 Å². The summed E-state index contributed by atoms with van der Waals surface area (Å²) in [6, 6.07) is 8.38. The van der Waals surface area contributed by atoms with Crippen LogP contribution in [0.25, 0.3) is 0 Å². The number of amides is 2. The smallest absolute Gasteiger partial charge is 0.408 e. The standard InChI is InChI=1S/C19H28N2O6/c1-13(26-12-14-9-7-6-8-10-14)16(17(23)20-11-15(22)25-5)21-18(24)27-19(2,3)4/h6-10,13,16H,11-12H2,1-5H3,(H,20,23)(H,21,24)/t13-,16+/m0/s1. The second-order valence-corrected chi connectivity index (χ2v) is 6.92. The molecule has 0 unspecified atom stereocenters. The van der Waals surface area contributed by atoms with Crippen LogP contribution in [-0.4, -0.2) is 49.4 Å². The third kappa shape index (κ3) is 9.05. The minimum Gasteiger partial charge on any atom is -0.468 e. The van der Waals surface area contributed by atoms with Gasteiger partial charge in [-0.2, -0.15) is 0 Å². The quantitative estimate of drug-likeness (QED) is 0.667. The highest BCUT2D eigenvalue weighted by Gasteiger charge is 2.30. The third-order valence-electron chi connectivity index (χ3n) is 3.41. The van der Waals surface area contributed by atoms with Gasteiger partial charge >= 0.3 is 12.1 Å². The molecule has 1 aromatic carbocycles. The molecule has 1 rings (SSSR count). The summed E-state index contributed by atoms with van der Waals surface area (Å²) < 4.78 is 15.4. The number of carbonyl (C=O) groups is 3. The van der Waals surface area contributed by atoms with E-state index in [1.165, 1.54) is 7.11 Å². The van der Waals surface area contributed by atoms with Gasteiger partial charge in [0, 0.05) is 0 Å². The summed E-state index contributed by atoms with van der Waals surface area (Å²) >= 11 is 0. The Morgan fingerprint density at radius 1 is 1.11 bits per heavy atom. The van der Waals surface area contributed by atoms with E-state index in [0.717, 1.165) is 5.56 Å². The molecule has 8 nitrogen and oxygen atoms in total. The molecule has 0 bridgehead atoms. The Labute approximate surface area is 159 Å². The second-order valence-electron chi connectivity index (χ2n) is 6.92. The maximum absolute atomic E-state index is 12.4. The number of hydrogen-bond donors (Lipinski definition) is 2. The van der Waals surface area contributed by atoms with Gasteiger partial charge in [-0.25, -0.2) is 4.79 Å². The first-order chi connectivity index (χ1) is 12.6. The fourth-order valence-electron chi connectivity index (χ4n) is 2.07. The summed E-state index contributed by atoms with van der Waals surface area (Å²) in [4.78, 5) is 35.8. The van der Waals surface area contributed by atoms with E-state index in [4.69, 9.17) is 9.47 Å². The van der Waals surface area contributed by atoms with Crippen LogP contribution in [0.15, 0.2) is 30.3 Å². The molecule has 27 heavy (non-hydrogen) atoms. The zero-order chi connectivity index (χ0) is 20.4. The Morgan fingerprint density at radius 2 is 1.74 bits per heavy atom. The molecule has 0 aliphatic heterocycles. The zero-order valence-electron chi connectivity index (χ0n) is 16.4. The Kier molecular flexibility index (Phi) is 8.74. The molecule has 0 aliphatic carbocycles. The van der Waals surface area contributed by atoms with E-state index < -0.39 is 35.7 Å². The molecule has 0 radical (unpaired) electrons. The minimum absolute atomic E-state index is 0.263. The Morgan fingerprint density at radius 3 is 2.30 bits per heavy atom. The lowest BCUT2D eigenvalue weighted by molar-refractivity contribution is -0.141. The molecule has 2 N–H and O–H groups in total. The Hall–Kier alpha value is -2.61. The average Bonchev–Trinajstić information content (AvgIpc) is 2.61. The summed E-state index contributed by atoms with van der Waals surface area (Å²) in [6.07, 6.45) is -1.42. The molecule has 0 heterocycles. The summed E-state index contributed by atoms with van der Waals surface area (Å²) in [7, 11) is 1.22. The number of carbonyl (C=O) groups excluding carboxylic acids is 3. The average molecular weight is 380 g/mol. The van der Waals surface area contributed by atoms with E-state index in [0.29, 0.717) is 0 Å². The molecular weight excluding hydrogens is 352 g/mol. The number of rotatable bonds is 8. The van der Waals surface area contributed by atoms with Crippen LogP contribution < -0.4 is 10.6 Å². The van der Waals surface area contributed by atoms with Crippen molar-refractivity contribution in [1.82, 2.24) is 10.6 Å². The van der Waals surface area contributed by atoms with Gasteiger partial charge in [-0.1, -0.05) is 30.3 Å². The monoisotopic (exact) mass is 380 g/mol. The number of nitrogens with one attached hydrogen (secondary N) is 2. The molecule has 150 valence electrons. The fourth-order valence-corrected chi connectivity index (χ4v) is 2.07. The van der Waals surface area contributed by atoms with Crippen molar-refractivity contribution < 1.29 is 28.6 Å². The zero-order valence-corrected chi connectivity index (χ0v) is 16.4. The lowest BCUT2D eigenvalue weighted by Gasteiger charge is -2.26. The predicted molar refractivity (Wildman–Crippen MR) is 98.9 cm³/mol. The molecular formula is C19H28N2O6. The van der Waals surface area contributed by atoms with Crippen LogP contribution in [0.1, 0.15) is 33.3 Å². The molecule has 0 saturated heterocycles. The van der Waals surface area contributed by atoms with Gasteiger partial charge in [0.25, 0.3) is 0 Å². The Bertz CT molecular complexity index is 627. The maximum Gasteiger partial charge on any atom is 0.408 e. The number of hydrogen-bond acceptors (Lipinski definition) is 6. The largest absolute Gasteiger partial charge is 0.468 e. The first-order valence-electron chi connectivity index (χ1n) is 8.62. The van der Waals surface area contributed by atoms with Gasteiger partial charge in [-0.15, -0.1) is 0 Å². The molecule has 1 aromatic rings. The van der Waals surface area contributed by atoms with E-state index in [1.807, 2.05) is 30.3 Å². The minimum atomic E-state index is -1.05. The van der Waals surface area contributed by atoms with Crippen molar-refractivity contribution in [3.05, 3.63) is 35.9 Å². The van der Waals surface area contributed by atoms with E-state index in [9.17, 15) is 14.4 Å². The van der Waals surface area contributed by atoms with Crippen LogP contribution in [0.3, 0.4) is 0 Å². The van der Waals surface area contributed by atoms with Crippen LogP contribution in [-0.2, 0) is 30.4 Å². The molecule has 8 heteroatoms. The first kappa shape index (κ1) is 22.4. The van der Waals surface area contributed by atoms with Crippen molar-refractivity contribution in [3.8, 4) is 0 Å². The second kappa shape index (κ2) is 10.5. The van der Waals surface area contributed by atoms with Crippen molar-refractivity contribution in [2.24, 2.45) is 0 Å². The van der Waals surface area contributed by atoms with Gasteiger partial charge in [0.15, 0.2) is 0 Å². The van der Waals surface area contributed by atoms with Crippen LogP contribution in [0, 0.1) is 0 Å². The Balaban J connectivity index is 2.76. The summed E-state index contributed by atoms with van der Waals surface area (Å²) in [5, 5.41) is 4.92. The summed E-state index contributed by atoms with van der Waals surface area (Å²) in [5.74, 6) is -1.18. The number of benzene rings is 1. The van der Waals surface area contributed by atoms with Crippen molar-refractivity contribution in [2.45, 2.75) is 52.0 Å². The summed E-state index contributed by atoms with van der Waals surface area (Å²) in [5.41, 5.74) is 0.209. The predicted octanol–water partition coefficient (Wildman–Crippen LogP) is 1.77. The highest BCUT2D eigenvalue weighted by molar-refractivity contribution is 5.88. The van der Waals surface area contributed by atoms with Crippen molar-refractivity contribution in [1.29, 1.82) is 0 Å². The van der Waals surface area contributed by atoms with E-state index >= 15 is 0 Å². The van der Waals surface area contributed by atoms with E-state index in [-0.39, 0.29) is 13.2 Å². The van der Waals surface area contributed by atoms with E-state index in [1.54, 1.807) is 27.7 Å². The first-order valence-corrected chi connectivity index (χ1v) is 8.62. The van der Waals surface area contributed by atoms with Crippen LogP contribution in [0.5, 0.6) is 0 Å². The lowest BCUT2D eigenvalue weighted by Crippen LogP contribution is -2.54. The van der Waals surface area contributed by atoms with Crippen molar-refractivity contribution in [3.63, 3.8) is 0 Å². The van der Waals surface area contributed by atoms with Gasteiger partial charge in [0.2, 0.25) is 5.91 Å². The van der Waals surface area contributed by atoms with Gasteiger partial charge < -0.3 is 24.8 Å². The van der Waals surface area contributed by atoms with Gasteiger partial charge in [0.1, 0.15) is 18.2 Å². The van der Waals surface area contributed by atoms with Gasteiger partial charge in [-0.05, 0) is 33.3 Å². The maximum atomic E-state index is 12.4. The normalized spacial score (nSPS) is 13.2. The molecule has 0 fully saturated rings. The number of alkyl carbamates (subject to hydrolysis) is 1.